The van der Waals surface area contributed by atoms with Gasteiger partial charge in [-0.1, -0.05) is 35.5 Å². The molecular weight excluding hydrogens is 472 g/mol. The van der Waals surface area contributed by atoms with Crippen molar-refractivity contribution >= 4 is 51.6 Å². The van der Waals surface area contributed by atoms with E-state index in [2.05, 4.69) is 22.1 Å². The van der Waals surface area contributed by atoms with E-state index in [1.807, 2.05) is 23.6 Å². The van der Waals surface area contributed by atoms with E-state index >= 15 is 0 Å². The van der Waals surface area contributed by atoms with Gasteiger partial charge in [0.05, 0.1) is 23.4 Å². The number of rotatable bonds is 10. The number of esters is 1. The first kappa shape index (κ1) is 23.8. The van der Waals surface area contributed by atoms with Gasteiger partial charge in [0.1, 0.15) is 17.4 Å². The summed E-state index contributed by atoms with van der Waals surface area (Å²) in [6.45, 7) is 6.34. The zero-order chi connectivity index (χ0) is 23.1. The molecule has 1 aromatic carbocycles. The molecule has 0 bridgehead atoms. The lowest BCUT2D eigenvalue weighted by Crippen LogP contribution is -2.16. The SMILES string of the molecule is C=CCn1c(COc2cc(C)ccc2Cl)nnc1SCC(=O)Nc1sccc1C(=O)OC. The lowest BCUT2D eigenvalue weighted by molar-refractivity contribution is -0.113. The van der Waals surface area contributed by atoms with Crippen LogP contribution in [0.1, 0.15) is 21.7 Å². The molecule has 11 heteroatoms. The van der Waals surface area contributed by atoms with Gasteiger partial charge in [-0.2, -0.15) is 0 Å². The number of hydrogen-bond acceptors (Lipinski definition) is 8. The predicted molar refractivity (Wildman–Crippen MR) is 126 cm³/mol. The second kappa shape index (κ2) is 11.2. The maximum atomic E-state index is 12.4. The van der Waals surface area contributed by atoms with Gasteiger partial charge >= 0.3 is 5.97 Å². The maximum absolute atomic E-state index is 12.4. The number of aryl methyl sites for hydroxylation is 1. The summed E-state index contributed by atoms with van der Waals surface area (Å²) < 4.78 is 12.4. The first-order valence-corrected chi connectivity index (χ1v) is 11.7. The Morgan fingerprint density at radius 2 is 2.16 bits per heavy atom. The van der Waals surface area contributed by atoms with Crippen LogP contribution >= 0.6 is 34.7 Å². The smallest absolute Gasteiger partial charge is 0.340 e. The van der Waals surface area contributed by atoms with Gasteiger partial charge in [-0.15, -0.1) is 28.1 Å². The molecule has 0 atom stereocenters. The number of carbonyl (C=O) groups is 2. The summed E-state index contributed by atoms with van der Waals surface area (Å²) in [6, 6.07) is 7.13. The maximum Gasteiger partial charge on any atom is 0.340 e. The molecule has 0 unspecified atom stereocenters. The highest BCUT2D eigenvalue weighted by atomic mass is 35.5. The lowest BCUT2D eigenvalue weighted by atomic mass is 10.2. The first-order chi connectivity index (χ1) is 15.4. The van der Waals surface area contributed by atoms with Crippen LogP contribution in [0.5, 0.6) is 5.75 Å². The Morgan fingerprint density at radius 1 is 1.34 bits per heavy atom. The highest BCUT2D eigenvalue weighted by molar-refractivity contribution is 7.99. The third-order valence-electron chi connectivity index (χ3n) is 4.20. The molecule has 0 aliphatic heterocycles. The lowest BCUT2D eigenvalue weighted by Gasteiger charge is -2.10. The van der Waals surface area contributed by atoms with E-state index in [1.165, 1.54) is 30.2 Å². The Balaban J connectivity index is 1.64. The molecule has 0 saturated carbocycles. The Morgan fingerprint density at radius 3 is 2.91 bits per heavy atom. The van der Waals surface area contributed by atoms with Crippen LogP contribution in [0, 0.1) is 6.92 Å². The van der Waals surface area contributed by atoms with Crippen molar-refractivity contribution in [2.24, 2.45) is 0 Å². The second-order valence-corrected chi connectivity index (χ2v) is 8.78. The van der Waals surface area contributed by atoms with Crippen molar-refractivity contribution in [3.05, 3.63) is 64.3 Å². The Kier molecular flexibility index (Phi) is 8.32. The molecule has 0 radical (unpaired) electrons. The van der Waals surface area contributed by atoms with Gasteiger partial charge in [0.25, 0.3) is 0 Å². The van der Waals surface area contributed by atoms with Crippen LogP contribution in [0.15, 0.2) is 47.5 Å². The molecule has 8 nitrogen and oxygen atoms in total. The van der Waals surface area contributed by atoms with Crippen LogP contribution in [0.3, 0.4) is 0 Å². The van der Waals surface area contributed by atoms with Gasteiger partial charge in [0, 0.05) is 6.54 Å². The largest absolute Gasteiger partial charge is 0.484 e. The van der Waals surface area contributed by atoms with E-state index in [9.17, 15) is 9.59 Å². The molecule has 168 valence electrons. The quantitative estimate of drug-likeness (QED) is 0.251. The molecule has 0 saturated heterocycles. The number of methoxy groups -OCH3 is 1. The van der Waals surface area contributed by atoms with Gasteiger partial charge in [-0.25, -0.2) is 4.79 Å². The minimum atomic E-state index is -0.502. The average molecular weight is 493 g/mol. The third kappa shape index (κ3) is 5.90. The van der Waals surface area contributed by atoms with Crippen molar-refractivity contribution in [1.82, 2.24) is 14.8 Å². The Bertz CT molecular complexity index is 1130. The second-order valence-electron chi connectivity index (χ2n) is 6.51. The van der Waals surface area contributed by atoms with E-state index in [4.69, 9.17) is 21.1 Å². The number of anilines is 1. The monoisotopic (exact) mass is 492 g/mol. The molecule has 32 heavy (non-hydrogen) atoms. The number of allylic oxidation sites excluding steroid dienone is 1. The molecule has 3 aromatic rings. The number of hydrogen-bond donors (Lipinski definition) is 1. The minimum absolute atomic E-state index is 0.0817. The van der Waals surface area contributed by atoms with E-state index in [0.29, 0.717) is 38.9 Å². The number of ether oxygens (including phenoxy) is 2. The fraction of sp³-hybridized carbons (Fsp3) is 0.238. The number of benzene rings is 1. The Labute approximate surface area is 198 Å². The van der Waals surface area contributed by atoms with E-state index < -0.39 is 5.97 Å². The number of thiophene rings is 1. The molecular formula is C21H21ClN4O4S2. The number of nitrogens with zero attached hydrogens (tertiary/aromatic N) is 3. The number of amides is 1. The molecule has 0 fully saturated rings. The van der Waals surface area contributed by atoms with Crippen LogP contribution in [0.2, 0.25) is 5.02 Å². The molecule has 0 spiro atoms. The van der Waals surface area contributed by atoms with Gasteiger partial charge in [0.2, 0.25) is 5.91 Å². The molecule has 0 aliphatic rings. The zero-order valence-electron chi connectivity index (χ0n) is 17.5. The van der Waals surface area contributed by atoms with Crippen LogP contribution in [-0.4, -0.2) is 39.5 Å². The summed E-state index contributed by atoms with van der Waals surface area (Å²) in [4.78, 5) is 24.2. The van der Waals surface area contributed by atoms with Crippen molar-refractivity contribution in [1.29, 1.82) is 0 Å². The summed E-state index contributed by atoms with van der Waals surface area (Å²) >= 11 is 8.66. The van der Waals surface area contributed by atoms with Crippen molar-refractivity contribution in [2.75, 3.05) is 18.2 Å². The normalized spacial score (nSPS) is 10.6. The highest BCUT2D eigenvalue weighted by Gasteiger charge is 2.18. The molecule has 1 amide bonds. The highest BCUT2D eigenvalue weighted by Crippen LogP contribution is 2.27. The van der Waals surface area contributed by atoms with Gasteiger partial charge < -0.3 is 14.8 Å². The molecule has 3 rings (SSSR count). The van der Waals surface area contributed by atoms with Gasteiger partial charge in [-0.3, -0.25) is 9.36 Å². The summed E-state index contributed by atoms with van der Waals surface area (Å²) in [5.74, 6) is 0.444. The van der Waals surface area contributed by atoms with Crippen LogP contribution < -0.4 is 10.1 Å². The fourth-order valence-electron chi connectivity index (χ4n) is 2.68. The van der Waals surface area contributed by atoms with Crippen molar-refractivity contribution in [3.63, 3.8) is 0 Å². The topological polar surface area (TPSA) is 95.3 Å². The van der Waals surface area contributed by atoms with Crippen molar-refractivity contribution < 1.29 is 19.1 Å². The molecule has 2 aromatic heterocycles. The Hall–Kier alpha value is -2.82. The summed E-state index contributed by atoms with van der Waals surface area (Å²) in [5.41, 5.74) is 1.35. The summed E-state index contributed by atoms with van der Waals surface area (Å²) in [7, 11) is 1.29. The van der Waals surface area contributed by atoms with E-state index in [1.54, 1.807) is 23.6 Å². The summed E-state index contributed by atoms with van der Waals surface area (Å²) in [6.07, 6.45) is 1.71. The minimum Gasteiger partial charge on any atom is -0.484 e. The molecule has 0 aliphatic carbocycles. The van der Waals surface area contributed by atoms with Crippen molar-refractivity contribution in [2.45, 2.75) is 25.2 Å². The number of aromatic nitrogens is 3. The summed E-state index contributed by atoms with van der Waals surface area (Å²) in [5, 5.41) is 14.3. The van der Waals surface area contributed by atoms with E-state index in [-0.39, 0.29) is 18.3 Å². The van der Waals surface area contributed by atoms with Crippen LogP contribution in [0.25, 0.3) is 0 Å². The molecule has 1 N–H and O–H groups in total. The predicted octanol–water partition coefficient (Wildman–Crippen LogP) is 4.58. The number of thioether (sulfide) groups is 1. The number of nitrogens with one attached hydrogen (secondary N) is 1. The van der Waals surface area contributed by atoms with Gasteiger partial charge in [0.15, 0.2) is 11.0 Å². The van der Waals surface area contributed by atoms with Crippen molar-refractivity contribution in [3.8, 4) is 5.75 Å². The van der Waals surface area contributed by atoms with Crippen LogP contribution in [0.4, 0.5) is 5.00 Å². The molecule has 2 heterocycles. The average Bonchev–Trinajstić information content (AvgIpc) is 3.39. The standard InChI is InChI=1S/C21H21ClN4O4S2/c1-4-8-26-17(11-30-16-10-13(2)5-6-15(16)22)24-25-21(26)32-12-18(27)23-19-14(7-9-31-19)20(28)29-3/h4-7,9-10H,1,8,11-12H2,2-3H3,(H,23,27). The third-order valence-corrected chi connectivity index (χ3v) is 6.31. The zero-order valence-corrected chi connectivity index (χ0v) is 19.9. The van der Waals surface area contributed by atoms with E-state index in [0.717, 1.165) is 5.56 Å². The number of carbonyl (C=O) groups excluding carboxylic acids is 2. The number of halogens is 1. The van der Waals surface area contributed by atoms with Gasteiger partial charge in [-0.05, 0) is 36.1 Å². The first-order valence-electron chi connectivity index (χ1n) is 9.43. The van der Waals surface area contributed by atoms with Crippen LogP contribution in [-0.2, 0) is 22.7 Å². The fourth-order valence-corrected chi connectivity index (χ4v) is 4.41.